The number of benzene rings is 1. The number of hydrogen-bond acceptors (Lipinski definition) is 5. The monoisotopic (exact) mass is 310 g/mol. The van der Waals surface area contributed by atoms with E-state index < -0.39 is 11.9 Å². The maximum atomic E-state index is 12.3. The van der Waals surface area contributed by atoms with E-state index in [2.05, 4.69) is 10.6 Å². The Hall–Kier alpha value is -2.44. The first-order chi connectivity index (χ1) is 10.5. The van der Waals surface area contributed by atoms with Crippen LogP contribution in [0.2, 0.25) is 0 Å². The van der Waals surface area contributed by atoms with Crippen molar-refractivity contribution in [2.45, 2.75) is 19.9 Å². The minimum atomic E-state index is -0.662. The fourth-order valence-electron chi connectivity index (χ4n) is 1.95. The van der Waals surface area contributed by atoms with E-state index in [1.165, 1.54) is 21.3 Å². The van der Waals surface area contributed by atoms with Gasteiger partial charge in [0.2, 0.25) is 11.7 Å². The molecule has 0 spiro atoms. The summed E-state index contributed by atoms with van der Waals surface area (Å²) in [6, 6.07) is 2.50. The van der Waals surface area contributed by atoms with E-state index in [1.54, 1.807) is 19.1 Å². The molecule has 1 rings (SSSR count). The maximum absolute atomic E-state index is 12.3. The molecule has 2 amide bonds. The van der Waals surface area contributed by atoms with Crippen molar-refractivity contribution in [3.8, 4) is 17.2 Å². The summed E-state index contributed by atoms with van der Waals surface area (Å²) in [5.41, 5.74) is 0.260. The Balaban J connectivity index is 3.05. The Labute approximate surface area is 129 Å². The second-order valence-electron chi connectivity index (χ2n) is 4.47. The molecule has 7 heteroatoms. The van der Waals surface area contributed by atoms with E-state index in [0.717, 1.165) is 0 Å². The van der Waals surface area contributed by atoms with Crippen molar-refractivity contribution < 1.29 is 23.8 Å². The van der Waals surface area contributed by atoms with Crippen molar-refractivity contribution in [3.63, 3.8) is 0 Å². The van der Waals surface area contributed by atoms with Gasteiger partial charge in [-0.2, -0.15) is 0 Å². The van der Waals surface area contributed by atoms with E-state index in [-0.39, 0.29) is 17.2 Å². The van der Waals surface area contributed by atoms with Gasteiger partial charge in [0.25, 0.3) is 5.91 Å². The SMILES string of the molecule is CCNC(=O)[C@@H](C)NC(=O)c1ccc(OC)c(OC)c1OC. The summed E-state index contributed by atoms with van der Waals surface area (Å²) in [7, 11) is 4.38. The van der Waals surface area contributed by atoms with Gasteiger partial charge in [-0.05, 0) is 26.0 Å². The highest BCUT2D eigenvalue weighted by atomic mass is 16.5. The second kappa shape index (κ2) is 8.11. The molecule has 22 heavy (non-hydrogen) atoms. The molecule has 0 saturated carbocycles. The molecule has 0 fully saturated rings. The van der Waals surface area contributed by atoms with Gasteiger partial charge in [-0.25, -0.2) is 0 Å². The lowest BCUT2D eigenvalue weighted by Gasteiger charge is -2.17. The van der Waals surface area contributed by atoms with Crippen molar-refractivity contribution in [3.05, 3.63) is 17.7 Å². The van der Waals surface area contributed by atoms with E-state index in [0.29, 0.717) is 18.0 Å². The van der Waals surface area contributed by atoms with Crippen molar-refractivity contribution >= 4 is 11.8 Å². The predicted molar refractivity (Wildman–Crippen MR) is 81.7 cm³/mol. The highest BCUT2D eigenvalue weighted by Gasteiger charge is 2.23. The Morgan fingerprint density at radius 1 is 1.09 bits per heavy atom. The van der Waals surface area contributed by atoms with Gasteiger partial charge in [-0.3, -0.25) is 9.59 Å². The summed E-state index contributed by atoms with van der Waals surface area (Å²) in [5.74, 6) is 0.338. The van der Waals surface area contributed by atoms with E-state index in [4.69, 9.17) is 14.2 Å². The molecule has 0 heterocycles. The Bertz CT molecular complexity index is 545. The van der Waals surface area contributed by atoms with Crippen molar-refractivity contribution in [1.29, 1.82) is 0 Å². The zero-order valence-corrected chi connectivity index (χ0v) is 13.5. The number of carbonyl (C=O) groups is 2. The van der Waals surface area contributed by atoms with Crippen LogP contribution in [0.5, 0.6) is 17.2 Å². The third-order valence-electron chi connectivity index (χ3n) is 3.04. The molecule has 0 aliphatic rings. The smallest absolute Gasteiger partial charge is 0.255 e. The van der Waals surface area contributed by atoms with Crippen LogP contribution in [0.3, 0.4) is 0 Å². The molecule has 0 aliphatic heterocycles. The van der Waals surface area contributed by atoms with Crippen LogP contribution < -0.4 is 24.8 Å². The fraction of sp³-hybridized carbons (Fsp3) is 0.467. The number of ether oxygens (including phenoxy) is 3. The number of rotatable bonds is 7. The fourth-order valence-corrected chi connectivity index (χ4v) is 1.95. The molecule has 0 saturated heterocycles. The van der Waals surface area contributed by atoms with Gasteiger partial charge >= 0.3 is 0 Å². The van der Waals surface area contributed by atoms with Crippen molar-refractivity contribution in [1.82, 2.24) is 10.6 Å². The zero-order valence-electron chi connectivity index (χ0n) is 13.5. The van der Waals surface area contributed by atoms with Gasteiger partial charge in [0.05, 0.1) is 26.9 Å². The number of methoxy groups -OCH3 is 3. The van der Waals surface area contributed by atoms with Gasteiger partial charge in [-0.15, -0.1) is 0 Å². The molecule has 1 aromatic carbocycles. The Morgan fingerprint density at radius 3 is 2.23 bits per heavy atom. The minimum absolute atomic E-state index is 0.252. The summed E-state index contributed by atoms with van der Waals surface area (Å²) < 4.78 is 15.6. The highest BCUT2D eigenvalue weighted by Crippen LogP contribution is 2.39. The summed E-state index contributed by atoms with van der Waals surface area (Å²) in [6.45, 7) is 3.92. The maximum Gasteiger partial charge on any atom is 0.255 e. The van der Waals surface area contributed by atoms with Crippen LogP contribution in [0, 0.1) is 0 Å². The molecule has 7 nitrogen and oxygen atoms in total. The number of nitrogens with one attached hydrogen (secondary N) is 2. The summed E-state index contributed by atoms with van der Waals surface area (Å²) in [5, 5.41) is 5.26. The van der Waals surface area contributed by atoms with E-state index >= 15 is 0 Å². The molecule has 0 bridgehead atoms. The molecular weight excluding hydrogens is 288 g/mol. The average molecular weight is 310 g/mol. The Kier molecular flexibility index (Phi) is 6.49. The number of amides is 2. The standard InChI is InChI=1S/C15H22N2O5/c1-6-16-14(18)9(2)17-15(19)10-7-8-11(20-3)13(22-5)12(10)21-4/h7-9H,6H2,1-5H3,(H,16,18)(H,17,19)/t9-/m1/s1. The summed E-state index contributed by atoms with van der Waals surface area (Å²) in [6.07, 6.45) is 0. The number of likely N-dealkylation sites (N-methyl/N-ethyl adjacent to an activating group) is 1. The molecule has 0 aliphatic carbocycles. The van der Waals surface area contributed by atoms with Crippen molar-refractivity contribution in [2.24, 2.45) is 0 Å². The first kappa shape index (κ1) is 17.6. The number of hydrogen-bond donors (Lipinski definition) is 2. The lowest BCUT2D eigenvalue weighted by Crippen LogP contribution is -2.44. The molecular formula is C15H22N2O5. The van der Waals surface area contributed by atoms with Crippen LogP contribution in [0.4, 0.5) is 0 Å². The molecule has 1 aromatic rings. The topological polar surface area (TPSA) is 85.9 Å². The van der Waals surface area contributed by atoms with Crippen LogP contribution in [0.1, 0.15) is 24.2 Å². The highest BCUT2D eigenvalue weighted by molar-refractivity contribution is 6.00. The quantitative estimate of drug-likeness (QED) is 0.783. The normalized spacial score (nSPS) is 11.3. The van der Waals surface area contributed by atoms with Crippen LogP contribution >= 0.6 is 0 Å². The predicted octanol–water partition coefficient (Wildman–Crippen LogP) is 0.967. The molecule has 122 valence electrons. The van der Waals surface area contributed by atoms with Gasteiger partial charge in [-0.1, -0.05) is 0 Å². The lowest BCUT2D eigenvalue weighted by molar-refractivity contribution is -0.122. The largest absolute Gasteiger partial charge is 0.493 e. The lowest BCUT2D eigenvalue weighted by atomic mass is 10.1. The first-order valence-corrected chi connectivity index (χ1v) is 6.87. The molecule has 0 radical (unpaired) electrons. The minimum Gasteiger partial charge on any atom is -0.493 e. The van der Waals surface area contributed by atoms with Gasteiger partial charge in [0, 0.05) is 6.54 Å². The van der Waals surface area contributed by atoms with Gasteiger partial charge in [0.15, 0.2) is 11.5 Å². The molecule has 2 N–H and O–H groups in total. The van der Waals surface area contributed by atoms with Crippen LogP contribution in [-0.2, 0) is 4.79 Å². The van der Waals surface area contributed by atoms with Crippen molar-refractivity contribution in [2.75, 3.05) is 27.9 Å². The molecule has 0 unspecified atom stereocenters. The molecule has 0 aromatic heterocycles. The van der Waals surface area contributed by atoms with Gasteiger partial charge in [0.1, 0.15) is 6.04 Å². The molecule has 1 atom stereocenters. The second-order valence-corrected chi connectivity index (χ2v) is 4.47. The summed E-state index contributed by atoms with van der Waals surface area (Å²) in [4.78, 5) is 24.0. The zero-order chi connectivity index (χ0) is 16.7. The third-order valence-corrected chi connectivity index (χ3v) is 3.04. The first-order valence-electron chi connectivity index (χ1n) is 6.87. The van der Waals surface area contributed by atoms with E-state index in [1.807, 2.05) is 6.92 Å². The summed E-state index contributed by atoms with van der Waals surface area (Å²) >= 11 is 0. The van der Waals surface area contributed by atoms with Crippen LogP contribution in [0.25, 0.3) is 0 Å². The van der Waals surface area contributed by atoms with Crippen LogP contribution in [-0.4, -0.2) is 45.7 Å². The third kappa shape index (κ3) is 3.81. The van der Waals surface area contributed by atoms with E-state index in [9.17, 15) is 9.59 Å². The Morgan fingerprint density at radius 2 is 1.73 bits per heavy atom. The number of carbonyl (C=O) groups excluding carboxylic acids is 2. The van der Waals surface area contributed by atoms with Gasteiger partial charge < -0.3 is 24.8 Å². The average Bonchev–Trinajstić information content (AvgIpc) is 2.52. The van der Waals surface area contributed by atoms with Crippen LogP contribution in [0.15, 0.2) is 12.1 Å².